The third kappa shape index (κ3) is 2.68. The number of carboxylic acids is 1. The zero-order valence-electron chi connectivity index (χ0n) is 12.3. The van der Waals surface area contributed by atoms with E-state index in [1.807, 2.05) is 6.07 Å². The van der Waals surface area contributed by atoms with Crippen molar-refractivity contribution in [2.45, 2.75) is 6.54 Å². The number of aromatic nitrogens is 1. The monoisotopic (exact) mass is 321 g/mol. The number of carbonyl (C=O) groups is 1. The maximum Gasteiger partial charge on any atom is 0.352 e. The van der Waals surface area contributed by atoms with Crippen LogP contribution in [0.2, 0.25) is 0 Å². The van der Waals surface area contributed by atoms with Crippen LogP contribution in [0.15, 0.2) is 48.5 Å². The van der Waals surface area contributed by atoms with E-state index in [1.165, 1.54) is 12.1 Å². The Morgan fingerprint density at radius 3 is 2.50 bits per heavy atom. The zero-order valence-corrected chi connectivity index (χ0v) is 12.3. The summed E-state index contributed by atoms with van der Waals surface area (Å²) in [6.07, 6.45) is 0. The standard InChI is InChI=1S/C17H11N3O4/c18-9-12-1-4-13-8-16(17(21)22)19(15(13)7-12)10-11-2-5-14(6-3-11)20(23)24/h1-8H,10H2,(H,21,22). The van der Waals surface area contributed by atoms with E-state index in [4.69, 9.17) is 5.26 Å². The number of nitriles is 1. The molecule has 1 N–H and O–H groups in total. The third-order valence-electron chi connectivity index (χ3n) is 3.74. The molecule has 0 bridgehead atoms. The Balaban J connectivity index is 2.09. The van der Waals surface area contributed by atoms with Crippen LogP contribution in [0.1, 0.15) is 21.6 Å². The normalized spacial score (nSPS) is 10.5. The van der Waals surface area contributed by atoms with Gasteiger partial charge in [0.1, 0.15) is 5.69 Å². The summed E-state index contributed by atoms with van der Waals surface area (Å²) in [6.45, 7) is 0.234. The van der Waals surface area contributed by atoms with Crippen LogP contribution in [0.25, 0.3) is 10.9 Å². The maximum atomic E-state index is 11.5. The highest BCUT2D eigenvalue weighted by Crippen LogP contribution is 2.23. The highest BCUT2D eigenvalue weighted by Gasteiger charge is 2.16. The van der Waals surface area contributed by atoms with Crippen molar-refractivity contribution in [3.63, 3.8) is 0 Å². The van der Waals surface area contributed by atoms with Crippen LogP contribution in [-0.2, 0) is 6.54 Å². The minimum atomic E-state index is -1.08. The summed E-state index contributed by atoms with van der Waals surface area (Å²) in [6, 6.07) is 14.5. The first-order chi connectivity index (χ1) is 11.5. The average Bonchev–Trinajstić information content (AvgIpc) is 2.93. The molecule has 0 saturated heterocycles. The molecule has 0 fully saturated rings. The Bertz CT molecular complexity index is 997. The SMILES string of the molecule is N#Cc1ccc2cc(C(=O)O)n(Cc3ccc([N+](=O)[O-])cc3)c2c1. The van der Waals surface area contributed by atoms with Crippen LogP contribution in [-0.4, -0.2) is 20.6 Å². The second-order valence-corrected chi connectivity index (χ2v) is 5.23. The number of nitro groups is 1. The van der Waals surface area contributed by atoms with E-state index < -0.39 is 10.9 Å². The number of aromatic carboxylic acids is 1. The fourth-order valence-corrected chi connectivity index (χ4v) is 2.58. The van der Waals surface area contributed by atoms with E-state index in [0.717, 1.165) is 5.56 Å². The largest absolute Gasteiger partial charge is 0.477 e. The second-order valence-electron chi connectivity index (χ2n) is 5.23. The van der Waals surface area contributed by atoms with E-state index in [0.29, 0.717) is 16.5 Å². The molecule has 0 atom stereocenters. The molecule has 3 rings (SSSR count). The summed E-state index contributed by atoms with van der Waals surface area (Å²) in [5.74, 6) is -1.08. The van der Waals surface area contributed by atoms with Gasteiger partial charge in [-0.2, -0.15) is 5.26 Å². The van der Waals surface area contributed by atoms with Gasteiger partial charge in [-0.05, 0) is 23.8 Å². The number of carboxylic acid groups (broad SMARTS) is 1. The van der Waals surface area contributed by atoms with Crippen LogP contribution in [0, 0.1) is 21.4 Å². The quantitative estimate of drug-likeness (QED) is 0.586. The molecular weight excluding hydrogens is 310 g/mol. The lowest BCUT2D eigenvalue weighted by Gasteiger charge is -2.09. The fourth-order valence-electron chi connectivity index (χ4n) is 2.58. The Kier molecular flexibility index (Phi) is 3.72. The first-order valence-electron chi connectivity index (χ1n) is 6.99. The Morgan fingerprint density at radius 1 is 1.21 bits per heavy atom. The molecule has 3 aromatic rings. The number of nitro benzene ring substituents is 1. The summed E-state index contributed by atoms with van der Waals surface area (Å²) < 4.78 is 1.58. The van der Waals surface area contributed by atoms with Gasteiger partial charge >= 0.3 is 5.97 Å². The first-order valence-corrected chi connectivity index (χ1v) is 6.99. The van der Waals surface area contributed by atoms with Crippen LogP contribution >= 0.6 is 0 Å². The molecule has 0 aliphatic heterocycles. The molecule has 7 heteroatoms. The van der Waals surface area contributed by atoms with Crippen molar-refractivity contribution in [3.8, 4) is 6.07 Å². The van der Waals surface area contributed by atoms with E-state index in [-0.39, 0.29) is 17.9 Å². The summed E-state index contributed by atoms with van der Waals surface area (Å²) in [7, 11) is 0. The van der Waals surface area contributed by atoms with Gasteiger partial charge in [0.25, 0.3) is 5.69 Å². The molecule has 1 heterocycles. The average molecular weight is 321 g/mol. The van der Waals surface area contributed by atoms with Crippen molar-refractivity contribution in [1.82, 2.24) is 4.57 Å². The number of nitrogens with zero attached hydrogens (tertiary/aromatic N) is 3. The molecule has 0 unspecified atom stereocenters. The van der Waals surface area contributed by atoms with Gasteiger partial charge in [0.2, 0.25) is 0 Å². The van der Waals surface area contributed by atoms with E-state index in [1.54, 1.807) is 41.0 Å². The lowest BCUT2D eigenvalue weighted by molar-refractivity contribution is -0.384. The minimum absolute atomic E-state index is 0.0265. The van der Waals surface area contributed by atoms with Gasteiger partial charge < -0.3 is 9.67 Å². The van der Waals surface area contributed by atoms with Crippen LogP contribution in [0.5, 0.6) is 0 Å². The molecule has 0 amide bonds. The molecule has 2 aromatic carbocycles. The number of fused-ring (bicyclic) bond motifs is 1. The zero-order chi connectivity index (χ0) is 17.3. The van der Waals surface area contributed by atoms with Gasteiger partial charge in [-0.25, -0.2) is 4.79 Å². The molecule has 0 spiro atoms. The topological polar surface area (TPSA) is 109 Å². The van der Waals surface area contributed by atoms with Crippen LogP contribution in [0.4, 0.5) is 5.69 Å². The fraction of sp³-hybridized carbons (Fsp3) is 0.0588. The Hall–Kier alpha value is -3.66. The van der Waals surface area contributed by atoms with Crippen molar-refractivity contribution < 1.29 is 14.8 Å². The Morgan fingerprint density at radius 2 is 1.92 bits per heavy atom. The van der Waals surface area contributed by atoms with Gasteiger partial charge in [-0.1, -0.05) is 18.2 Å². The van der Waals surface area contributed by atoms with Crippen molar-refractivity contribution >= 4 is 22.6 Å². The number of hydrogen-bond acceptors (Lipinski definition) is 4. The van der Waals surface area contributed by atoms with E-state index >= 15 is 0 Å². The summed E-state index contributed by atoms with van der Waals surface area (Å²) in [5, 5.41) is 29.9. The number of hydrogen-bond donors (Lipinski definition) is 1. The number of rotatable bonds is 4. The van der Waals surface area contributed by atoms with Gasteiger partial charge in [0, 0.05) is 24.1 Å². The molecule has 0 radical (unpaired) electrons. The highest BCUT2D eigenvalue weighted by molar-refractivity contribution is 5.95. The van der Waals surface area contributed by atoms with Crippen LogP contribution < -0.4 is 0 Å². The van der Waals surface area contributed by atoms with Crippen molar-refractivity contribution in [3.05, 3.63) is 75.5 Å². The second kappa shape index (κ2) is 5.85. The van der Waals surface area contributed by atoms with Gasteiger partial charge in [0.05, 0.1) is 22.1 Å². The van der Waals surface area contributed by atoms with E-state index in [2.05, 4.69) is 0 Å². The summed E-state index contributed by atoms with van der Waals surface area (Å²) in [5.41, 5.74) is 1.86. The molecular formula is C17H11N3O4. The summed E-state index contributed by atoms with van der Waals surface area (Å²) in [4.78, 5) is 21.7. The summed E-state index contributed by atoms with van der Waals surface area (Å²) >= 11 is 0. The third-order valence-corrected chi connectivity index (χ3v) is 3.74. The van der Waals surface area contributed by atoms with Crippen molar-refractivity contribution in [2.24, 2.45) is 0 Å². The maximum absolute atomic E-state index is 11.5. The lowest BCUT2D eigenvalue weighted by atomic mass is 10.1. The van der Waals surface area contributed by atoms with Gasteiger partial charge in [0.15, 0.2) is 0 Å². The Labute approximate surface area is 136 Å². The smallest absolute Gasteiger partial charge is 0.352 e. The number of non-ortho nitro benzene ring substituents is 1. The molecule has 0 aliphatic carbocycles. The molecule has 0 saturated carbocycles. The minimum Gasteiger partial charge on any atom is -0.477 e. The molecule has 0 aliphatic rings. The predicted octanol–water partition coefficient (Wildman–Crippen LogP) is 3.17. The van der Waals surface area contributed by atoms with Gasteiger partial charge in [-0.15, -0.1) is 0 Å². The lowest BCUT2D eigenvalue weighted by Crippen LogP contribution is -2.09. The molecule has 24 heavy (non-hydrogen) atoms. The van der Waals surface area contributed by atoms with Gasteiger partial charge in [-0.3, -0.25) is 10.1 Å². The van der Waals surface area contributed by atoms with Crippen LogP contribution in [0.3, 0.4) is 0 Å². The number of benzene rings is 2. The molecule has 1 aromatic heterocycles. The molecule has 7 nitrogen and oxygen atoms in total. The molecule has 118 valence electrons. The predicted molar refractivity (Wildman–Crippen MR) is 85.8 cm³/mol. The van der Waals surface area contributed by atoms with Crippen molar-refractivity contribution in [2.75, 3.05) is 0 Å². The van der Waals surface area contributed by atoms with Crippen molar-refractivity contribution in [1.29, 1.82) is 5.26 Å². The highest BCUT2D eigenvalue weighted by atomic mass is 16.6. The first kappa shape index (κ1) is 15.2. The van der Waals surface area contributed by atoms with E-state index in [9.17, 15) is 20.0 Å².